The molecule has 160 valence electrons. The fraction of sp³-hybridized carbons (Fsp3) is 0.143. The number of carbonyl (C=O) groups excluding carboxylic acids is 2. The van der Waals surface area contributed by atoms with Crippen LogP contribution in [0.2, 0.25) is 0 Å². The van der Waals surface area contributed by atoms with Gasteiger partial charge in [-0.25, -0.2) is 8.42 Å². The van der Waals surface area contributed by atoms with Gasteiger partial charge in [-0.2, -0.15) is 0 Å². The van der Waals surface area contributed by atoms with E-state index in [0.29, 0.717) is 22.5 Å². The molecule has 0 spiro atoms. The number of sulfonamides is 1. The molecule has 0 aromatic heterocycles. The summed E-state index contributed by atoms with van der Waals surface area (Å²) in [5.41, 5.74) is 5.90. The van der Waals surface area contributed by atoms with Crippen molar-refractivity contribution >= 4 is 44.0 Å². The molecule has 0 fully saturated rings. The highest BCUT2D eigenvalue weighted by molar-refractivity contribution is 7.93. The van der Waals surface area contributed by atoms with Crippen LogP contribution in [-0.2, 0) is 19.6 Å². The van der Waals surface area contributed by atoms with Crippen molar-refractivity contribution in [1.82, 2.24) is 0 Å². The molecule has 0 saturated carbocycles. The Morgan fingerprint density at radius 3 is 2.52 bits per heavy atom. The van der Waals surface area contributed by atoms with Crippen molar-refractivity contribution < 1.29 is 27.5 Å². The summed E-state index contributed by atoms with van der Waals surface area (Å²) in [5, 5.41) is 4.03. The zero-order chi connectivity index (χ0) is 22.2. The van der Waals surface area contributed by atoms with Crippen molar-refractivity contribution in [3.63, 3.8) is 0 Å². The van der Waals surface area contributed by atoms with Crippen LogP contribution in [-0.4, -0.2) is 40.5 Å². The summed E-state index contributed by atoms with van der Waals surface area (Å²) in [4.78, 5) is 23.9. The minimum absolute atomic E-state index is 0.181. The predicted octanol–water partition coefficient (Wildman–Crippen LogP) is 1.86. The minimum Gasteiger partial charge on any atom is -0.493 e. The van der Waals surface area contributed by atoms with Gasteiger partial charge in [-0.3, -0.25) is 13.9 Å². The van der Waals surface area contributed by atoms with E-state index < -0.39 is 28.4 Å². The van der Waals surface area contributed by atoms with Gasteiger partial charge in [-0.1, -0.05) is 24.3 Å². The van der Waals surface area contributed by atoms with Crippen molar-refractivity contribution in [2.45, 2.75) is 4.90 Å². The molecule has 10 heteroatoms. The molecule has 1 aliphatic rings. The summed E-state index contributed by atoms with van der Waals surface area (Å²) in [6.07, 6.45) is 0. The molecule has 3 N–H and O–H groups in total. The molecule has 1 heterocycles. The molecule has 0 bridgehead atoms. The van der Waals surface area contributed by atoms with Crippen molar-refractivity contribution in [3.05, 3.63) is 54.6 Å². The van der Waals surface area contributed by atoms with Crippen LogP contribution in [0.25, 0.3) is 10.8 Å². The molecule has 0 aliphatic carbocycles. The zero-order valence-corrected chi connectivity index (χ0v) is 17.3. The SMILES string of the molecule is COc1ccc(NC(=O)CN2c3cccc4cccc(c34)S2(=O)=O)cc1OCC(N)=O. The topological polar surface area (TPSA) is 128 Å². The van der Waals surface area contributed by atoms with Crippen LogP contribution in [0.15, 0.2) is 59.5 Å². The third-order valence-electron chi connectivity index (χ3n) is 4.79. The zero-order valence-electron chi connectivity index (χ0n) is 16.5. The predicted molar refractivity (Wildman–Crippen MR) is 115 cm³/mol. The first-order chi connectivity index (χ1) is 14.8. The number of methoxy groups -OCH3 is 1. The van der Waals surface area contributed by atoms with Crippen LogP contribution < -0.4 is 24.8 Å². The molecule has 4 rings (SSSR count). The van der Waals surface area contributed by atoms with Crippen LogP contribution in [0, 0.1) is 0 Å². The summed E-state index contributed by atoms with van der Waals surface area (Å²) >= 11 is 0. The number of benzene rings is 3. The Morgan fingerprint density at radius 2 is 1.81 bits per heavy atom. The Kier molecular flexibility index (Phi) is 5.15. The van der Waals surface area contributed by atoms with Crippen molar-refractivity contribution in [1.29, 1.82) is 0 Å². The van der Waals surface area contributed by atoms with Gasteiger partial charge in [0.05, 0.1) is 17.7 Å². The van der Waals surface area contributed by atoms with E-state index in [0.717, 1.165) is 9.69 Å². The Hall–Kier alpha value is -3.79. The van der Waals surface area contributed by atoms with E-state index >= 15 is 0 Å². The number of anilines is 2. The van der Waals surface area contributed by atoms with Crippen LogP contribution in [0.3, 0.4) is 0 Å². The Labute approximate surface area is 178 Å². The van der Waals surface area contributed by atoms with E-state index in [-0.39, 0.29) is 17.3 Å². The Balaban J connectivity index is 1.57. The fourth-order valence-corrected chi connectivity index (χ4v) is 5.14. The number of nitrogens with zero attached hydrogens (tertiary/aromatic N) is 1. The summed E-state index contributed by atoms with van der Waals surface area (Å²) < 4.78 is 37.6. The normalized spacial score (nSPS) is 13.8. The smallest absolute Gasteiger partial charge is 0.265 e. The standard InChI is InChI=1S/C21H19N3O6S/c1-29-16-9-8-14(10-17(16)30-12-19(22)25)23-20(26)11-24-15-6-2-4-13-5-3-7-18(21(13)15)31(24,27)28/h2-10H,11-12H2,1H3,(H2,22,25)(H,23,26). The lowest BCUT2D eigenvalue weighted by molar-refractivity contribution is -0.120. The summed E-state index contributed by atoms with van der Waals surface area (Å²) in [6.45, 7) is -0.762. The largest absolute Gasteiger partial charge is 0.493 e. The van der Waals surface area contributed by atoms with E-state index in [4.69, 9.17) is 15.2 Å². The number of ether oxygens (including phenoxy) is 2. The van der Waals surface area contributed by atoms with Crippen LogP contribution in [0.1, 0.15) is 0 Å². The highest BCUT2D eigenvalue weighted by atomic mass is 32.2. The van der Waals surface area contributed by atoms with E-state index in [1.807, 2.05) is 12.1 Å². The van der Waals surface area contributed by atoms with Crippen LogP contribution in [0.4, 0.5) is 11.4 Å². The molecule has 3 aromatic carbocycles. The maximum absolute atomic E-state index is 13.0. The van der Waals surface area contributed by atoms with Gasteiger partial charge >= 0.3 is 0 Å². The summed E-state index contributed by atoms with van der Waals surface area (Å²) in [6, 6.07) is 14.9. The maximum atomic E-state index is 13.0. The number of carbonyl (C=O) groups is 2. The van der Waals surface area contributed by atoms with Gasteiger partial charge in [-0.15, -0.1) is 0 Å². The molecule has 0 radical (unpaired) electrons. The number of nitrogens with two attached hydrogens (primary N) is 1. The third kappa shape index (κ3) is 3.73. The van der Waals surface area contributed by atoms with Gasteiger partial charge in [0.25, 0.3) is 15.9 Å². The Morgan fingerprint density at radius 1 is 1.06 bits per heavy atom. The first kappa shape index (κ1) is 20.5. The number of amides is 2. The summed E-state index contributed by atoms with van der Waals surface area (Å²) in [7, 11) is -2.41. The average Bonchev–Trinajstić information content (AvgIpc) is 2.95. The van der Waals surface area contributed by atoms with Gasteiger partial charge in [0.2, 0.25) is 5.91 Å². The number of hydrogen-bond acceptors (Lipinski definition) is 6. The molecule has 1 aliphatic heterocycles. The van der Waals surface area contributed by atoms with Crippen LogP contribution in [0.5, 0.6) is 11.5 Å². The van der Waals surface area contributed by atoms with Crippen molar-refractivity contribution in [2.24, 2.45) is 5.73 Å². The first-order valence-electron chi connectivity index (χ1n) is 9.25. The second-order valence-corrected chi connectivity index (χ2v) is 8.64. The molecule has 31 heavy (non-hydrogen) atoms. The maximum Gasteiger partial charge on any atom is 0.265 e. The van der Waals surface area contributed by atoms with E-state index in [1.54, 1.807) is 30.3 Å². The monoisotopic (exact) mass is 441 g/mol. The highest BCUT2D eigenvalue weighted by Crippen LogP contribution is 2.41. The number of rotatable bonds is 7. The lowest BCUT2D eigenvalue weighted by atomic mass is 10.1. The lowest BCUT2D eigenvalue weighted by Crippen LogP contribution is -2.35. The number of nitrogens with one attached hydrogen (secondary N) is 1. The summed E-state index contributed by atoms with van der Waals surface area (Å²) in [5.74, 6) is -0.641. The second kappa shape index (κ2) is 7.80. The van der Waals surface area contributed by atoms with Gasteiger partial charge in [0.15, 0.2) is 18.1 Å². The van der Waals surface area contributed by atoms with Crippen LogP contribution >= 0.6 is 0 Å². The third-order valence-corrected chi connectivity index (χ3v) is 6.59. The average molecular weight is 441 g/mol. The van der Waals surface area contributed by atoms with E-state index in [1.165, 1.54) is 19.2 Å². The quantitative estimate of drug-likeness (QED) is 0.576. The molecule has 9 nitrogen and oxygen atoms in total. The Bertz CT molecular complexity index is 1300. The molecular formula is C21H19N3O6S. The van der Waals surface area contributed by atoms with Gasteiger partial charge in [0, 0.05) is 17.1 Å². The molecule has 3 aromatic rings. The van der Waals surface area contributed by atoms with E-state index in [9.17, 15) is 18.0 Å². The van der Waals surface area contributed by atoms with Gasteiger partial charge < -0.3 is 20.5 Å². The second-order valence-electron chi connectivity index (χ2n) is 6.81. The molecule has 2 amide bonds. The van der Waals surface area contributed by atoms with Crippen molar-refractivity contribution in [2.75, 3.05) is 29.9 Å². The van der Waals surface area contributed by atoms with E-state index in [2.05, 4.69) is 5.32 Å². The molecule has 0 saturated heterocycles. The highest BCUT2D eigenvalue weighted by Gasteiger charge is 2.36. The number of hydrogen-bond donors (Lipinski definition) is 2. The molecule has 0 atom stereocenters. The van der Waals surface area contributed by atoms with Gasteiger partial charge in [-0.05, 0) is 29.7 Å². The lowest BCUT2D eigenvalue weighted by Gasteiger charge is -2.18. The van der Waals surface area contributed by atoms with Gasteiger partial charge in [0.1, 0.15) is 6.54 Å². The molecule has 0 unspecified atom stereocenters. The minimum atomic E-state index is -3.85. The van der Waals surface area contributed by atoms with Crippen molar-refractivity contribution in [3.8, 4) is 11.5 Å². The molecular weight excluding hydrogens is 422 g/mol. The first-order valence-corrected chi connectivity index (χ1v) is 10.7. The fourth-order valence-electron chi connectivity index (χ4n) is 3.48. The number of primary amides is 1.